The number of carbonyl (C=O) groups is 1. The summed E-state index contributed by atoms with van der Waals surface area (Å²) in [6.45, 7) is 0.249. The fourth-order valence-corrected chi connectivity index (χ4v) is 3.01. The van der Waals surface area contributed by atoms with Gasteiger partial charge >= 0.3 is 0 Å². The number of benzene rings is 1. The Hall–Kier alpha value is -1.60. The predicted molar refractivity (Wildman–Crippen MR) is 71.8 cm³/mol. The lowest BCUT2D eigenvalue weighted by Crippen LogP contribution is -2.34. The Bertz CT molecular complexity index is 667. The lowest BCUT2D eigenvalue weighted by Gasteiger charge is -2.20. The van der Waals surface area contributed by atoms with Crippen molar-refractivity contribution < 1.29 is 17.9 Å². The van der Waals surface area contributed by atoms with Gasteiger partial charge in [0.05, 0.1) is 4.90 Å². The Kier molecular flexibility index (Phi) is 2.98. The smallest absolute Gasteiger partial charge is 0.238 e. The summed E-state index contributed by atoms with van der Waals surface area (Å²) in [5, 5.41) is 5.13. The van der Waals surface area contributed by atoms with Gasteiger partial charge in [0.25, 0.3) is 0 Å². The number of ether oxygens (including phenoxy) is 1. The van der Waals surface area contributed by atoms with Crippen LogP contribution in [0.25, 0.3) is 0 Å². The van der Waals surface area contributed by atoms with Gasteiger partial charge in [-0.05, 0) is 31.0 Å². The molecule has 1 aromatic rings. The van der Waals surface area contributed by atoms with E-state index < -0.39 is 15.9 Å². The van der Waals surface area contributed by atoms with E-state index in [1.165, 1.54) is 12.1 Å². The summed E-state index contributed by atoms with van der Waals surface area (Å²) in [4.78, 5) is 14.2. The number of likely N-dealkylation sites (N-methyl/N-ethyl adjacent to an activating group) is 1. The highest BCUT2D eigenvalue weighted by molar-refractivity contribution is 7.89. The van der Waals surface area contributed by atoms with Gasteiger partial charge in [-0.15, -0.1) is 0 Å². The monoisotopic (exact) mass is 296 g/mol. The largest absolute Gasteiger partial charge is 0.492 e. The van der Waals surface area contributed by atoms with Crippen molar-refractivity contribution in [2.75, 3.05) is 13.7 Å². The summed E-state index contributed by atoms with van der Waals surface area (Å²) in [5.74, 6) is 0.0788. The Labute approximate surface area is 117 Å². The van der Waals surface area contributed by atoms with E-state index in [0.29, 0.717) is 17.4 Å². The molecule has 0 saturated heterocycles. The molecule has 1 aliphatic carbocycles. The quantitative estimate of drug-likeness (QED) is 0.876. The third-order valence-corrected chi connectivity index (χ3v) is 4.74. The average Bonchev–Trinajstić information content (AvgIpc) is 3.15. The van der Waals surface area contributed by atoms with Crippen LogP contribution in [-0.4, -0.2) is 38.9 Å². The normalized spacial score (nSPS) is 21.2. The zero-order valence-electron chi connectivity index (χ0n) is 11.1. The Morgan fingerprint density at radius 1 is 1.40 bits per heavy atom. The van der Waals surface area contributed by atoms with Crippen LogP contribution in [0.3, 0.4) is 0 Å². The van der Waals surface area contributed by atoms with E-state index >= 15 is 0 Å². The standard InChI is InChI=1S/C13H16N2O4S/c1-15(8-2-3-8)13(16)11-7-19-12-5-4-9(6-10(11)12)20(14,17)18/h4-6,8,11H,2-3,7H2,1H3,(H2,14,17,18). The molecular formula is C13H16N2O4S. The Morgan fingerprint density at radius 2 is 2.10 bits per heavy atom. The highest BCUT2D eigenvalue weighted by atomic mass is 32.2. The summed E-state index contributed by atoms with van der Waals surface area (Å²) in [6, 6.07) is 4.71. The molecule has 108 valence electrons. The molecule has 3 rings (SSSR count). The first-order valence-electron chi connectivity index (χ1n) is 6.44. The van der Waals surface area contributed by atoms with E-state index in [0.717, 1.165) is 12.8 Å². The molecule has 1 amide bonds. The molecule has 0 spiro atoms. The van der Waals surface area contributed by atoms with E-state index in [9.17, 15) is 13.2 Å². The van der Waals surface area contributed by atoms with Gasteiger partial charge in [-0.2, -0.15) is 0 Å². The number of hydrogen-bond donors (Lipinski definition) is 1. The minimum absolute atomic E-state index is 0.00799. The first kappa shape index (κ1) is 13.4. The topological polar surface area (TPSA) is 89.7 Å². The Morgan fingerprint density at radius 3 is 2.70 bits per heavy atom. The third-order valence-electron chi connectivity index (χ3n) is 3.83. The number of carbonyl (C=O) groups excluding carboxylic acids is 1. The summed E-state index contributed by atoms with van der Waals surface area (Å²) >= 11 is 0. The average molecular weight is 296 g/mol. The molecule has 1 aliphatic heterocycles. The van der Waals surface area contributed by atoms with E-state index in [2.05, 4.69) is 0 Å². The number of sulfonamides is 1. The lowest BCUT2D eigenvalue weighted by molar-refractivity contribution is -0.132. The number of fused-ring (bicyclic) bond motifs is 1. The van der Waals surface area contributed by atoms with E-state index in [1.807, 2.05) is 0 Å². The second-order valence-electron chi connectivity index (χ2n) is 5.29. The van der Waals surface area contributed by atoms with Gasteiger partial charge in [0.2, 0.25) is 15.9 Å². The summed E-state index contributed by atoms with van der Waals surface area (Å²) < 4.78 is 28.3. The van der Waals surface area contributed by atoms with Crippen LogP contribution in [0.1, 0.15) is 24.3 Å². The molecule has 7 heteroatoms. The first-order valence-corrected chi connectivity index (χ1v) is 7.99. The molecule has 1 saturated carbocycles. The van der Waals surface area contributed by atoms with Crippen molar-refractivity contribution in [1.29, 1.82) is 0 Å². The van der Waals surface area contributed by atoms with E-state index in [1.54, 1.807) is 18.0 Å². The van der Waals surface area contributed by atoms with Gasteiger partial charge in [-0.3, -0.25) is 4.79 Å². The molecule has 2 aliphatic rings. The first-order chi connectivity index (χ1) is 9.38. The van der Waals surface area contributed by atoms with Crippen molar-refractivity contribution in [2.24, 2.45) is 5.14 Å². The maximum Gasteiger partial charge on any atom is 0.238 e. The van der Waals surface area contributed by atoms with Crippen LogP contribution in [0.5, 0.6) is 5.75 Å². The van der Waals surface area contributed by atoms with Crippen molar-refractivity contribution in [2.45, 2.75) is 29.7 Å². The van der Waals surface area contributed by atoms with Gasteiger partial charge < -0.3 is 9.64 Å². The predicted octanol–water partition coefficient (Wildman–Crippen LogP) is 0.431. The molecule has 0 bridgehead atoms. The number of nitrogens with two attached hydrogens (primary N) is 1. The van der Waals surface area contributed by atoms with Gasteiger partial charge in [-0.25, -0.2) is 13.6 Å². The number of hydrogen-bond acceptors (Lipinski definition) is 4. The van der Waals surface area contributed by atoms with Crippen molar-refractivity contribution in [3.05, 3.63) is 23.8 Å². The van der Waals surface area contributed by atoms with Crippen molar-refractivity contribution in [3.63, 3.8) is 0 Å². The van der Waals surface area contributed by atoms with Gasteiger partial charge in [-0.1, -0.05) is 0 Å². The van der Waals surface area contributed by atoms with Crippen LogP contribution >= 0.6 is 0 Å². The van der Waals surface area contributed by atoms with Gasteiger partial charge in [0, 0.05) is 18.7 Å². The zero-order chi connectivity index (χ0) is 14.5. The highest BCUT2D eigenvalue weighted by Gasteiger charge is 2.38. The van der Waals surface area contributed by atoms with Crippen LogP contribution < -0.4 is 9.88 Å². The maximum atomic E-state index is 12.4. The van der Waals surface area contributed by atoms with Crippen LogP contribution in [0.4, 0.5) is 0 Å². The molecule has 20 heavy (non-hydrogen) atoms. The molecule has 1 aromatic carbocycles. The number of nitrogens with zero attached hydrogens (tertiary/aromatic N) is 1. The maximum absolute atomic E-state index is 12.4. The molecule has 1 heterocycles. The second-order valence-corrected chi connectivity index (χ2v) is 6.85. The number of primary sulfonamides is 1. The van der Waals surface area contributed by atoms with Crippen LogP contribution in [0.2, 0.25) is 0 Å². The summed E-state index contributed by atoms with van der Waals surface area (Å²) in [6.07, 6.45) is 2.06. The van der Waals surface area contributed by atoms with E-state index in [4.69, 9.17) is 9.88 Å². The third kappa shape index (κ3) is 2.27. The van der Waals surface area contributed by atoms with Crippen molar-refractivity contribution >= 4 is 15.9 Å². The molecule has 0 aromatic heterocycles. The lowest BCUT2D eigenvalue weighted by atomic mass is 10.00. The molecule has 1 fully saturated rings. The summed E-state index contributed by atoms with van der Waals surface area (Å²) in [5.41, 5.74) is 0.606. The zero-order valence-corrected chi connectivity index (χ0v) is 11.9. The van der Waals surface area contributed by atoms with Crippen LogP contribution in [0, 0.1) is 0 Å². The molecule has 0 radical (unpaired) electrons. The molecule has 6 nitrogen and oxygen atoms in total. The van der Waals surface area contributed by atoms with E-state index in [-0.39, 0.29) is 17.4 Å². The van der Waals surface area contributed by atoms with Crippen LogP contribution in [0.15, 0.2) is 23.1 Å². The van der Waals surface area contributed by atoms with Crippen LogP contribution in [-0.2, 0) is 14.8 Å². The minimum Gasteiger partial charge on any atom is -0.492 e. The second kappa shape index (κ2) is 4.46. The minimum atomic E-state index is -3.78. The Balaban J connectivity index is 1.94. The van der Waals surface area contributed by atoms with Gasteiger partial charge in [0.15, 0.2) is 0 Å². The number of rotatable bonds is 3. The molecule has 1 unspecified atom stereocenters. The fourth-order valence-electron chi connectivity index (χ4n) is 2.46. The van der Waals surface area contributed by atoms with Crippen molar-refractivity contribution in [3.8, 4) is 5.75 Å². The highest BCUT2D eigenvalue weighted by Crippen LogP contribution is 2.38. The molecular weight excluding hydrogens is 280 g/mol. The fraction of sp³-hybridized carbons (Fsp3) is 0.462. The summed E-state index contributed by atoms with van der Waals surface area (Å²) in [7, 11) is -2.00. The SMILES string of the molecule is CN(C(=O)C1COc2ccc(S(N)(=O)=O)cc21)C1CC1. The molecule has 2 N–H and O–H groups in total. The van der Waals surface area contributed by atoms with Crippen molar-refractivity contribution in [1.82, 2.24) is 4.90 Å². The molecule has 1 atom stereocenters. The van der Waals surface area contributed by atoms with Gasteiger partial charge in [0.1, 0.15) is 18.3 Å². The number of amides is 1.